The number of urea groups is 1. The maximum Gasteiger partial charge on any atom is 0.315 e. The van der Waals surface area contributed by atoms with Crippen LogP contribution in [0.4, 0.5) is 9.18 Å². The number of rotatable bonds is 5. The van der Waals surface area contributed by atoms with E-state index in [9.17, 15) is 9.18 Å². The number of ether oxygens (including phenoxy) is 1. The number of aromatic nitrogens is 2. The monoisotopic (exact) mass is 334 g/mol. The van der Waals surface area contributed by atoms with Crippen LogP contribution in [0.5, 0.6) is 5.88 Å². The second kappa shape index (κ2) is 7.33. The fourth-order valence-corrected chi connectivity index (χ4v) is 2.52. The zero-order valence-electron chi connectivity index (χ0n) is 14.6. The van der Waals surface area contributed by atoms with Crippen molar-refractivity contribution in [3.8, 4) is 5.88 Å². The Kier molecular flexibility index (Phi) is 5.43. The highest BCUT2D eigenvalue weighted by Gasteiger charge is 2.16. The molecule has 1 aromatic carbocycles. The molecule has 0 spiro atoms. The molecule has 0 saturated carbocycles. The number of nitrogens with one attached hydrogen (secondary N) is 2. The van der Waals surface area contributed by atoms with Crippen LogP contribution in [0.3, 0.4) is 0 Å². The SMILES string of the molecule is COc1c(CNC(=O)NC(C)c2ccc(C)c(F)c2)c(C)nn1C. The zero-order valence-corrected chi connectivity index (χ0v) is 14.6. The van der Waals surface area contributed by atoms with Crippen LogP contribution in [0.2, 0.25) is 0 Å². The molecule has 2 rings (SSSR count). The lowest BCUT2D eigenvalue weighted by Gasteiger charge is -2.16. The number of benzene rings is 1. The van der Waals surface area contributed by atoms with Gasteiger partial charge in [-0.05, 0) is 38.0 Å². The lowest BCUT2D eigenvalue weighted by molar-refractivity contribution is 0.237. The van der Waals surface area contributed by atoms with Crippen molar-refractivity contribution < 1.29 is 13.9 Å². The molecule has 0 saturated heterocycles. The number of halogens is 1. The standard InChI is InChI=1S/C17H23FN4O2/c1-10-6-7-13(8-15(10)18)11(2)20-17(23)19-9-14-12(3)21-22(4)16(14)24-5/h6-8,11H,9H2,1-5H3,(H2,19,20,23). The normalized spacial score (nSPS) is 11.9. The molecule has 0 radical (unpaired) electrons. The summed E-state index contributed by atoms with van der Waals surface area (Å²) in [7, 11) is 3.34. The number of carbonyl (C=O) groups excluding carboxylic acids is 1. The van der Waals surface area contributed by atoms with Gasteiger partial charge in [0.15, 0.2) is 0 Å². The van der Waals surface area contributed by atoms with Crippen molar-refractivity contribution in [3.05, 3.63) is 46.4 Å². The first kappa shape index (κ1) is 17.8. The van der Waals surface area contributed by atoms with Gasteiger partial charge in [-0.25, -0.2) is 13.9 Å². The molecule has 1 heterocycles. The van der Waals surface area contributed by atoms with Crippen LogP contribution in [-0.2, 0) is 13.6 Å². The minimum atomic E-state index is -0.339. The van der Waals surface area contributed by atoms with Crippen molar-refractivity contribution in [2.45, 2.75) is 33.4 Å². The Hall–Kier alpha value is -2.57. The maximum absolute atomic E-state index is 13.6. The highest BCUT2D eigenvalue weighted by Crippen LogP contribution is 2.20. The van der Waals surface area contributed by atoms with E-state index in [0.29, 0.717) is 23.6 Å². The minimum Gasteiger partial charge on any atom is -0.481 e. The van der Waals surface area contributed by atoms with Gasteiger partial charge in [0.1, 0.15) is 5.82 Å². The largest absolute Gasteiger partial charge is 0.481 e. The molecule has 24 heavy (non-hydrogen) atoms. The van der Waals surface area contributed by atoms with Crippen molar-refractivity contribution >= 4 is 6.03 Å². The average Bonchev–Trinajstić information content (AvgIpc) is 2.80. The Morgan fingerprint density at radius 1 is 1.42 bits per heavy atom. The molecule has 130 valence electrons. The highest BCUT2D eigenvalue weighted by molar-refractivity contribution is 5.74. The lowest BCUT2D eigenvalue weighted by atomic mass is 10.1. The first-order valence-corrected chi connectivity index (χ1v) is 7.70. The highest BCUT2D eigenvalue weighted by atomic mass is 19.1. The first-order valence-electron chi connectivity index (χ1n) is 7.70. The molecule has 2 amide bonds. The molecule has 1 aromatic heterocycles. The second-order valence-corrected chi connectivity index (χ2v) is 5.75. The van der Waals surface area contributed by atoms with E-state index < -0.39 is 0 Å². The average molecular weight is 334 g/mol. The van der Waals surface area contributed by atoms with Gasteiger partial charge in [0, 0.05) is 7.05 Å². The van der Waals surface area contributed by atoms with Crippen LogP contribution in [0.25, 0.3) is 0 Å². The summed E-state index contributed by atoms with van der Waals surface area (Å²) >= 11 is 0. The Bertz CT molecular complexity index is 742. The topological polar surface area (TPSA) is 68.2 Å². The molecule has 1 atom stereocenters. The minimum absolute atomic E-state index is 0.280. The van der Waals surface area contributed by atoms with Crippen LogP contribution in [-0.4, -0.2) is 22.9 Å². The molecular formula is C17H23FN4O2. The predicted octanol–water partition coefficient (Wildman–Crippen LogP) is 2.75. The molecule has 0 fully saturated rings. The number of amides is 2. The van der Waals surface area contributed by atoms with Gasteiger partial charge in [-0.3, -0.25) is 0 Å². The molecular weight excluding hydrogens is 311 g/mol. The van der Waals surface area contributed by atoms with Gasteiger partial charge in [-0.15, -0.1) is 0 Å². The summed E-state index contributed by atoms with van der Waals surface area (Å²) in [5, 5.41) is 9.83. The van der Waals surface area contributed by atoms with Crippen molar-refractivity contribution in [3.63, 3.8) is 0 Å². The Labute approximate surface area is 141 Å². The van der Waals surface area contributed by atoms with Crippen LogP contribution in [0, 0.1) is 19.7 Å². The van der Waals surface area contributed by atoms with Crippen LogP contribution < -0.4 is 15.4 Å². The van der Waals surface area contributed by atoms with E-state index in [2.05, 4.69) is 15.7 Å². The van der Waals surface area contributed by atoms with Crippen LogP contribution >= 0.6 is 0 Å². The molecule has 0 aliphatic carbocycles. The molecule has 0 bridgehead atoms. The quantitative estimate of drug-likeness (QED) is 0.883. The van der Waals surface area contributed by atoms with Crippen molar-refractivity contribution in [2.24, 2.45) is 7.05 Å². The lowest BCUT2D eigenvalue weighted by Crippen LogP contribution is -2.36. The van der Waals surface area contributed by atoms with Crippen molar-refractivity contribution in [1.82, 2.24) is 20.4 Å². The van der Waals surface area contributed by atoms with E-state index in [-0.39, 0.29) is 17.9 Å². The summed E-state index contributed by atoms with van der Waals surface area (Å²) in [6, 6.07) is 4.29. The molecule has 0 aliphatic heterocycles. The van der Waals surface area contributed by atoms with Gasteiger partial charge in [-0.2, -0.15) is 5.10 Å². The Balaban J connectivity index is 1.97. The molecule has 6 nitrogen and oxygen atoms in total. The fourth-order valence-electron chi connectivity index (χ4n) is 2.52. The smallest absolute Gasteiger partial charge is 0.315 e. The van der Waals surface area contributed by atoms with Gasteiger partial charge in [-0.1, -0.05) is 12.1 Å². The van der Waals surface area contributed by atoms with Gasteiger partial charge in [0.25, 0.3) is 0 Å². The second-order valence-electron chi connectivity index (χ2n) is 5.75. The molecule has 1 unspecified atom stereocenters. The Morgan fingerprint density at radius 2 is 2.12 bits per heavy atom. The summed E-state index contributed by atoms with van der Waals surface area (Å²) in [5.74, 6) is 0.332. The van der Waals surface area contributed by atoms with E-state index in [1.54, 1.807) is 44.8 Å². The van der Waals surface area contributed by atoms with E-state index in [4.69, 9.17) is 4.74 Å². The third-order valence-electron chi connectivity index (χ3n) is 3.95. The van der Waals surface area contributed by atoms with E-state index in [1.807, 2.05) is 6.92 Å². The van der Waals surface area contributed by atoms with Crippen LogP contribution in [0.15, 0.2) is 18.2 Å². The summed E-state index contributed by atoms with van der Waals surface area (Å²) in [5.41, 5.74) is 2.91. The third-order valence-corrected chi connectivity index (χ3v) is 3.95. The predicted molar refractivity (Wildman–Crippen MR) is 89.4 cm³/mol. The number of methoxy groups -OCH3 is 1. The first-order chi connectivity index (χ1) is 11.3. The summed E-state index contributed by atoms with van der Waals surface area (Å²) < 4.78 is 20.5. The van der Waals surface area contributed by atoms with E-state index in [0.717, 1.165) is 11.3 Å². The third kappa shape index (κ3) is 3.84. The number of carbonyl (C=O) groups is 1. The van der Waals surface area contributed by atoms with Gasteiger partial charge in [0.05, 0.1) is 31.0 Å². The summed E-state index contributed by atoms with van der Waals surface area (Å²) in [6.07, 6.45) is 0. The van der Waals surface area contributed by atoms with Crippen LogP contribution in [0.1, 0.15) is 35.3 Å². The number of hydrogen-bond acceptors (Lipinski definition) is 3. The van der Waals surface area contributed by atoms with Gasteiger partial charge in [0.2, 0.25) is 5.88 Å². The molecule has 7 heteroatoms. The Morgan fingerprint density at radius 3 is 2.75 bits per heavy atom. The molecule has 2 aromatic rings. The molecule has 2 N–H and O–H groups in total. The fraction of sp³-hybridized carbons (Fsp3) is 0.412. The van der Waals surface area contributed by atoms with E-state index >= 15 is 0 Å². The van der Waals surface area contributed by atoms with Gasteiger partial charge < -0.3 is 15.4 Å². The summed E-state index contributed by atoms with van der Waals surface area (Å²) in [6.45, 7) is 5.66. The van der Waals surface area contributed by atoms with Crippen molar-refractivity contribution in [1.29, 1.82) is 0 Å². The number of nitrogens with zero attached hydrogens (tertiary/aromatic N) is 2. The maximum atomic E-state index is 13.6. The number of hydrogen-bond donors (Lipinski definition) is 2. The molecule has 0 aliphatic rings. The van der Waals surface area contributed by atoms with E-state index in [1.165, 1.54) is 6.07 Å². The number of aryl methyl sites for hydroxylation is 3. The van der Waals surface area contributed by atoms with Crippen molar-refractivity contribution in [2.75, 3.05) is 7.11 Å². The zero-order chi connectivity index (χ0) is 17.9. The summed E-state index contributed by atoms with van der Waals surface area (Å²) in [4.78, 5) is 12.1. The van der Waals surface area contributed by atoms with Gasteiger partial charge >= 0.3 is 6.03 Å².